The number of aryl methyl sites for hydroxylation is 1. The molecule has 11 nitrogen and oxygen atoms in total. The SMILES string of the molecule is Cc1cc(Cl)cc(C(=O)NC(C)c2ccccc2C(F)(F)F)c1NC(=O)c1cc(Cn2nnc(C(F)(F)F)n2)nn1-c1ncccc1Cl. The highest BCUT2D eigenvalue weighted by atomic mass is 35.5. The molecule has 1 atom stereocenters. The Morgan fingerprint density at radius 2 is 1.67 bits per heavy atom. The monoisotopic (exact) mass is 711 g/mol. The molecule has 19 heteroatoms. The fraction of sp³-hybridized carbons (Fsp3) is 0.207. The first kappa shape index (κ1) is 34.3. The summed E-state index contributed by atoms with van der Waals surface area (Å²) in [5, 5.41) is 19.2. The summed E-state index contributed by atoms with van der Waals surface area (Å²) in [6.45, 7) is 2.47. The van der Waals surface area contributed by atoms with E-state index >= 15 is 0 Å². The van der Waals surface area contributed by atoms with Gasteiger partial charge in [0.1, 0.15) is 12.2 Å². The van der Waals surface area contributed by atoms with Crippen LogP contribution in [0.3, 0.4) is 0 Å². The Kier molecular flexibility index (Phi) is 9.46. The Labute approximate surface area is 276 Å². The number of nitrogens with zero attached hydrogens (tertiary/aromatic N) is 7. The molecule has 3 heterocycles. The first-order valence-corrected chi connectivity index (χ1v) is 14.4. The summed E-state index contributed by atoms with van der Waals surface area (Å²) in [5.74, 6) is -3.21. The van der Waals surface area contributed by atoms with Crippen LogP contribution in [-0.2, 0) is 18.9 Å². The van der Waals surface area contributed by atoms with Crippen molar-refractivity contribution in [3.8, 4) is 5.82 Å². The average molecular weight is 712 g/mol. The highest BCUT2D eigenvalue weighted by Crippen LogP contribution is 2.35. The number of hydrogen-bond donors (Lipinski definition) is 2. The van der Waals surface area contributed by atoms with Crippen LogP contribution in [0, 0.1) is 6.92 Å². The molecule has 0 bridgehead atoms. The molecule has 3 aromatic heterocycles. The molecule has 5 rings (SSSR count). The van der Waals surface area contributed by atoms with Gasteiger partial charge in [0, 0.05) is 11.2 Å². The summed E-state index contributed by atoms with van der Waals surface area (Å²) in [4.78, 5) is 32.1. The van der Waals surface area contributed by atoms with Gasteiger partial charge in [0.15, 0.2) is 5.82 Å². The molecule has 0 aliphatic rings. The van der Waals surface area contributed by atoms with Gasteiger partial charge in [-0.3, -0.25) is 9.59 Å². The van der Waals surface area contributed by atoms with E-state index in [9.17, 15) is 35.9 Å². The zero-order chi connectivity index (χ0) is 35.0. The summed E-state index contributed by atoms with van der Waals surface area (Å²) in [6.07, 6.45) is -8.16. The molecule has 2 aromatic carbocycles. The van der Waals surface area contributed by atoms with E-state index < -0.39 is 48.1 Å². The second-order valence-electron chi connectivity index (χ2n) is 10.3. The number of tetrazole rings is 1. The molecule has 0 radical (unpaired) electrons. The topological polar surface area (TPSA) is 133 Å². The van der Waals surface area contributed by atoms with Gasteiger partial charge in [0.05, 0.1) is 33.6 Å². The van der Waals surface area contributed by atoms with Crippen molar-refractivity contribution in [2.45, 2.75) is 38.8 Å². The first-order valence-electron chi connectivity index (χ1n) is 13.7. The Balaban J connectivity index is 1.49. The highest BCUT2D eigenvalue weighted by molar-refractivity contribution is 6.32. The summed E-state index contributed by atoms with van der Waals surface area (Å²) in [6, 6.07) is 10.5. The van der Waals surface area contributed by atoms with E-state index in [0.29, 0.717) is 10.4 Å². The van der Waals surface area contributed by atoms with E-state index in [1.165, 1.54) is 68.6 Å². The second-order valence-corrected chi connectivity index (χ2v) is 11.1. The van der Waals surface area contributed by atoms with Gasteiger partial charge in [0.2, 0.25) is 0 Å². The molecule has 5 aromatic rings. The third kappa shape index (κ3) is 7.41. The number of rotatable bonds is 8. The average Bonchev–Trinajstić information content (AvgIpc) is 3.66. The molecule has 250 valence electrons. The number of halogens is 8. The predicted octanol–water partition coefficient (Wildman–Crippen LogP) is 6.70. The van der Waals surface area contributed by atoms with Crippen molar-refractivity contribution in [2.75, 3.05) is 5.32 Å². The van der Waals surface area contributed by atoms with Gasteiger partial charge in [-0.1, -0.05) is 41.4 Å². The van der Waals surface area contributed by atoms with E-state index in [1.807, 2.05) is 0 Å². The Morgan fingerprint density at radius 1 is 0.938 bits per heavy atom. The summed E-state index contributed by atoms with van der Waals surface area (Å²) >= 11 is 12.5. The molecule has 0 spiro atoms. The number of benzene rings is 2. The normalized spacial score (nSPS) is 12.5. The van der Waals surface area contributed by atoms with E-state index in [0.717, 1.165) is 10.7 Å². The largest absolute Gasteiger partial charge is 0.455 e. The number of alkyl halides is 6. The number of amides is 2. The highest BCUT2D eigenvalue weighted by Gasteiger charge is 2.37. The van der Waals surface area contributed by atoms with Crippen molar-refractivity contribution in [3.63, 3.8) is 0 Å². The molecule has 0 fully saturated rings. The molecular formula is C29H21Cl2F6N9O2. The predicted molar refractivity (Wildman–Crippen MR) is 160 cm³/mol. The van der Waals surface area contributed by atoms with Crippen LogP contribution in [-0.4, -0.2) is 46.8 Å². The molecule has 0 saturated carbocycles. The van der Waals surface area contributed by atoms with Crippen molar-refractivity contribution in [1.82, 2.24) is 40.3 Å². The Hall–Kier alpha value is -5.03. The van der Waals surface area contributed by atoms with E-state index in [2.05, 4.69) is 36.1 Å². The van der Waals surface area contributed by atoms with Crippen LogP contribution in [0.2, 0.25) is 10.0 Å². The Bertz CT molecular complexity index is 2010. The van der Waals surface area contributed by atoms with Crippen molar-refractivity contribution < 1.29 is 35.9 Å². The van der Waals surface area contributed by atoms with E-state index in [4.69, 9.17) is 23.2 Å². The number of hydrogen-bond acceptors (Lipinski definition) is 7. The fourth-order valence-electron chi connectivity index (χ4n) is 4.68. The first-order chi connectivity index (χ1) is 22.5. The lowest BCUT2D eigenvalue weighted by molar-refractivity contribution is -0.145. The van der Waals surface area contributed by atoms with Crippen molar-refractivity contribution in [2.24, 2.45) is 0 Å². The van der Waals surface area contributed by atoms with E-state index in [1.54, 1.807) is 0 Å². The second kappa shape index (κ2) is 13.2. The van der Waals surface area contributed by atoms with Gasteiger partial charge in [-0.25, -0.2) is 9.67 Å². The maximum Gasteiger partial charge on any atom is 0.455 e. The molecule has 1 unspecified atom stereocenters. The smallest absolute Gasteiger partial charge is 0.345 e. The van der Waals surface area contributed by atoms with Crippen molar-refractivity contribution in [3.05, 3.63) is 110 Å². The quantitative estimate of drug-likeness (QED) is 0.171. The van der Waals surface area contributed by atoms with Gasteiger partial charge < -0.3 is 10.6 Å². The van der Waals surface area contributed by atoms with Gasteiger partial charge in [-0.2, -0.15) is 36.2 Å². The number of anilines is 1. The van der Waals surface area contributed by atoms with Crippen molar-refractivity contribution >= 4 is 40.7 Å². The zero-order valence-electron chi connectivity index (χ0n) is 24.5. The van der Waals surface area contributed by atoms with Crippen LogP contribution in [0.1, 0.15) is 62.0 Å². The standard InChI is InChI=1S/C29H21Cl2F6N9O2/c1-14-10-16(30)11-19(25(47)39-15(2)18-6-3-4-7-20(18)28(32,33)34)23(14)40-26(48)22-12-17(13-45-43-27(41-44-45)29(35,36)37)42-46(22)24-21(31)8-5-9-38-24/h3-12,15H,13H2,1-2H3,(H,39,47)(H,40,48). The molecule has 48 heavy (non-hydrogen) atoms. The minimum absolute atomic E-state index is 0.0101. The molecule has 0 aliphatic carbocycles. The maximum atomic E-state index is 13.8. The number of pyridine rings is 1. The number of aromatic nitrogens is 7. The molecular weight excluding hydrogens is 691 g/mol. The lowest BCUT2D eigenvalue weighted by Crippen LogP contribution is -2.30. The summed E-state index contributed by atoms with van der Waals surface area (Å²) < 4.78 is 81.0. The fourth-order valence-corrected chi connectivity index (χ4v) is 5.16. The lowest BCUT2D eigenvalue weighted by Gasteiger charge is -2.21. The molecule has 0 aliphatic heterocycles. The number of carbonyl (C=O) groups is 2. The van der Waals surface area contributed by atoms with Gasteiger partial charge in [0.25, 0.3) is 17.6 Å². The van der Waals surface area contributed by atoms with Crippen LogP contribution in [0.25, 0.3) is 5.82 Å². The maximum absolute atomic E-state index is 13.8. The van der Waals surface area contributed by atoms with E-state index in [-0.39, 0.29) is 44.1 Å². The summed E-state index contributed by atoms with van der Waals surface area (Å²) in [5.41, 5.74) is -1.20. The lowest BCUT2D eigenvalue weighted by atomic mass is 10.00. The van der Waals surface area contributed by atoms with Gasteiger partial charge in [-0.15, -0.1) is 10.2 Å². The van der Waals surface area contributed by atoms with Crippen LogP contribution >= 0.6 is 23.2 Å². The third-order valence-corrected chi connectivity index (χ3v) is 7.32. The third-order valence-electron chi connectivity index (χ3n) is 6.81. The number of carbonyl (C=O) groups excluding carboxylic acids is 2. The van der Waals surface area contributed by atoms with Crippen LogP contribution in [0.4, 0.5) is 32.0 Å². The molecule has 2 N–H and O–H groups in total. The molecule has 2 amide bonds. The van der Waals surface area contributed by atoms with Crippen LogP contribution < -0.4 is 10.6 Å². The van der Waals surface area contributed by atoms with Gasteiger partial charge >= 0.3 is 12.4 Å². The van der Waals surface area contributed by atoms with Gasteiger partial charge in [-0.05, 0) is 66.6 Å². The Morgan fingerprint density at radius 3 is 2.33 bits per heavy atom. The number of nitrogens with one attached hydrogen (secondary N) is 2. The van der Waals surface area contributed by atoms with Crippen LogP contribution in [0.15, 0.2) is 60.8 Å². The minimum atomic E-state index is -4.84. The zero-order valence-corrected chi connectivity index (χ0v) is 26.0. The molecule has 0 saturated heterocycles. The summed E-state index contributed by atoms with van der Waals surface area (Å²) in [7, 11) is 0. The minimum Gasteiger partial charge on any atom is -0.345 e. The van der Waals surface area contributed by atoms with Crippen LogP contribution in [0.5, 0.6) is 0 Å². The van der Waals surface area contributed by atoms with Crippen molar-refractivity contribution in [1.29, 1.82) is 0 Å².